The Hall–Kier alpha value is -2.55. The van der Waals surface area contributed by atoms with Gasteiger partial charge in [-0.3, -0.25) is 15.3 Å². The minimum Gasteiger partial charge on any atom is -0.353 e. The molecule has 3 aliphatic rings. The number of aliphatic imine (C=N–C) groups is 1. The zero-order chi connectivity index (χ0) is 23.4. The Morgan fingerprint density at radius 1 is 1.27 bits per heavy atom. The van der Waals surface area contributed by atoms with E-state index in [-0.39, 0.29) is 29.7 Å². The van der Waals surface area contributed by atoms with Gasteiger partial charge >= 0.3 is 0 Å². The van der Waals surface area contributed by atoms with Crippen molar-refractivity contribution in [3.8, 4) is 0 Å². The van der Waals surface area contributed by atoms with E-state index in [2.05, 4.69) is 27.9 Å². The largest absolute Gasteiger partial charge is 0.353 e. The number of allylic oxidation sites excluding steroid dienone is 1. The first-order valence-corrected chi connectivity index (χ1v) is 12.1. The van der Waals surface area contributed by atoms with Gasteiger partial charge in [-0.25, -0.2) is 4.99 Å². The fraction of sp³-hybridized carbons (Fsp3) is 0.560. The monoisotopic (exact) mass is 452 g/mol. The number of amides is 1. The number of carbonyl (C=O) groups is 2. The van der Waals surface area contributed by atoms with Crippen molar-refractivity contribution in [2.24, 2.45) is 28.3 Å². The first kappa shape index (κ1) is 23.6. The Balaban J connectivity index is 1.48. The standard InChI is InChI=1S/C25H36N6O2/c1-2-18(23-24(33)29-12-11-28-23)13-17-5-9-20-21(14-17)30-15-31-25(20,27)22(32)10-6-16-3-7-19(26)8-4-16/h5-6,9-10,14-16,18-19,23,28H,2-4,7-8,11-13,26-27H2,1H3,(H,29,33)(H,30,31)/t16?,18?,19?,23-,25?/m0/s1. The topological polar surface area (TPSA) is 135 Å². The molecule has 1 saturated heterocycles. The lowest BCUT2D eigenvalue weighted by Crippen LogP contribution is -2.56. The zero-order valence-electron chi connectivity index (χ0n) is 19.3. The molecule has 4 rings (SSSR count). The molecule has 7 N–H and O–H groups in total. The molecule has 0 radical (unpaired) electrons. The molecule has 1 saturated carbocycles. The van der Waals surface area contributed by atoms with Gasteiger partial charge in [-0.2, -0.15) is 0 Å². The summed E-state index contributed by atoms with van der Waals surface area (Å²) in [5.74, 6) is 0.381. The Bertz CT molecular complexity index is 937. The lowest BCUT2D eigenvalue weighted by atomic mass is 9.84. The summed E-state index contributed by atoms with van der Waals surface area (Å²) in [5, 5.41) is 9.44. The molecule has 178 valence electrons. The van der Waals surface area contributed by atoms with Crippen LogP contribution in [0.3, 0.4) is 0 Å². The number of nitrogens with zero attached hydrogens (tertiary/aromatic N) is 1. The van der Waals surface area contributed by atoms with E-state index < -0.39 is 5.66 Å². The maximum absolute atomic E-state index is 13.1. The van der Waals surface area contributed by atoms with Gasteiger partial charge in [-0.1, -0.05) is 31.6 Å². The number of ketones is 1. The highest BCUT2D eigenvalue weighted by Crippen LogP contribution is 2.34. The van der Waals surface area contributed by atoms with Gasteiger partial charge in [-0.05, 0) is 61.6 Å². The van der Waals surface area contributed by atoms with Crippen LogP contribution in [-0.2, 0) is 21.7 Å². The van der Waals surface area contributed by atoms with Crippen LogP contribution in [0.4, 0.5) is 5.69 Å². The van der Waals surface area contributed by atoms with Crippen molar-refractivity contribution in [2.45, 2.75) is 63.2 Å². The van der Waals surface area contributed by atoms with Gasteiger partial charge < -0.3 is 21.7 Å². The van der Waals surface area contributed by atoms with Gasteiger partial charge in [0.15, 0.2) is 0 Å². The van der Waals surface area contributed by atoms with Crippen LogP contribution in [-0.4, -0.2) is 43.2 Å². The van der Waals surface area contributed by atoms with Crippen LogP contribution in [0.5, 0.6) is 0 Å². The van der Waals surface area contributed by atoms with Crippen molar-refractivity contribution < 1.29 is 9.59 Å². The normalized spacial score (nSPS) is 30.4. The summed E-state index contributed by atoms with van der Waals surface area (Å²) in [6, 6.07) is 5.98. The van der Waals surface area contributed by atoms with Crippen molar-refractivity contribution >= 4 is 23.7 Å². The van der Waals surface area contributed by atoms with Crippen molar-refractivity contribution in [1.82, 2.24) is 10.6 Å². The van der Waals surface area contributed by atoms with Crippen molar-refractivity contribution in [3.05, 3.63) is 41.5 Å². The molecule has 1 aromatic rings. The molecule has 2 unspecified atom stereocenters. The molecule has 1 aliphatic carbocycles. The Morgan fingerprint density at radius 3 is 2.79 bits per heavy atom. The summed E-state index contributed by atoms with van der Waals surface area (Å²) in [4.78, 5) is 29.7. The summed E-state index contributed by atoms with van der Waals surface area (Å²) >= 11 is 0. The number of hydrogen-bond acceptors (Lipinski definition) is 7. The average Bonchev–Trinajstić information content (AvgIpc) is 2.82. The summed E-state index contributed by atoms with van der Waals surface area (Å²) in [5.41, 5.74) is 13.6. The predicted octanol–water partition coefficient (Wildman–Crippen LogP) is 1.55. The van der Waals surface area contributed by atoms with Crippen molar-refractivity contribution in [2.75, 3.05) is 18.4 Å². The molecular weight excluding hydrogens is 416 g/mol. The second kappa shape index (κ2) is 10.2. The Morgan fingerprint density at radius 2 is 2.06 bits per heavy atom. The lowest BCUT2D eigenvalue weighted by molar-refractivity contribution is -0.125. The average molecular weight is 453 g/mol. The molecule has 8 heteroatoms. The number of anilines is 1. The van der Waals surface area contributed by atoms with Crippen LogP contribution in [0.2, 0.25) is 0 Å². The van der Waals surface area contributed by atoms with Crippen molar-refractivity contribution in [3.63, 3.8) is 0 Å². The van der Waals surface area contributed by atoms with E-state index >= 15 is 0 Å². The number of carbonyl (C=O) groups excluding carboxylic acids is 2. The summed E-state index contributed by atoms with van der Waals surface area (Å²) < 4.78 is 0. The molecule has 0 aromatic heterocycles. The molecule has 1 aromatic carbocycles. The van der Waals surface area contributed by atoms with E-state index in [9.17, 15) is 9.59 Å². The molecule has 8 nitrogen and oxygen atoms in total. The van der Waals surface area contributed by atoms with E-state index in [1.54, 1.807) is 6.08 Å². The summed E-state index contributed by atoms with van der Waals surface area (Å²) in [7, 11) is 0. The van der Waals surface area contributed by atoms with Gasteiger partial charge in [-0.15, -0.1) is 0 Å². The number of rotatable bonds is 7. The molecule has 0 spiro atoms. The lowest BCUT2D eigenvalue weighted by Gasteiger charge is -2.31. The Kier molecular flexibility index (Phi) is 7.26. The number of benzene rings is 1. The highest BCUT2D eigenvalue weighted by Gasteiger charge is 2.38. The fourth-order valence-electron chi connectivity index (χ4n) is 5.13. The molecule has 2 aliphatic heterocycles. The highest BCUT2D eigenvalue weighted by atomic mass is 16.2. The second-order valence-electron chi connectivity index (χ2n) is 9.54. The maximum atomic E-state index is 13.1. The molecular formula is C25H36N6O2. The highest BCUT2D eigenvalue weighted by molar-refractivity contribution is 6.02. The third kappa shape index (κ3) is 5.18. The number of fused-ring (bicyclic) bond motifs is 1. The number of piperazine rings is 1. The molecule has 33 heavy (non-hydrogen) atoms. The van der Waals surface area contributed by atoms with Crippen LogP contribution in [0, 0.1) is 11.8 Å². The number of hydrogen-bond donors (Lipinski definition) is 5. The third-order valence-corrected chi connectivity index (χ3v) is 7.26. The minimum absolute atomic E-state index is 0.0645. The smallest absolute Gasteiger partial charge is 0.237 e. The molecule has 1 amide bonds. The van der Waals surface area contributed by atoms with Gasteiger partial charge in [0.05, 0.1) is 12.4 Å². The summed E-state index contributed by atoms with van der Waals surface area (Å²) in [6.07, 6.45) is 10.7. The fourth-order valence-corrected chi connectivity index (χ4v) is 5.13. The Labute approximate surface area is 195 Å². The van der Waals surface area contributed by atoms with E-state index in [0.29, 0.717) is 18.0 Å². The van der Waals surface area contributed by atoms with Crippen LogP contribution < -0.4 is 27.4 Å². The van der Waals surface area contributed by atoms with Crippen LogP contribution in [0.25, 0.3) is 0 Å². The third-order valence-electron chi connectivity index (χ3n) is 7.26. The minimum atomic E-state index is -1.43. The van der Waals surface area contributed by atoms with Gasteiger partial charge in [0.25, 0.3) is 0 Å². The zero-order valence-corrected chi connectivity index (χ0v) is 19.3. The molecule has 2 fully saturated rings. The SMILES string of the molecule is CCC(Cc1ccc2c(c1)NC=NC2(N)C(=O)C=CC1CCC(N)CC1)[C@@H]1NCCNC1=O. The summed E-state index contributed by atoms with van der Waals surface area (Å²) in [6.45, 7) is 3.56. The predicted molar refractivity (Wildman–Crippen MR) is 131 cm³/mol. The molecule has 0 bridgehead atoms. The number of nitrogens with one attached hydrogen (secondary N) is 3. The van der Waals surface area contributed by atoms with Gasteiger partial charge in [0, 0.05) is 30.4 Å². The second-order valence-corrected chi connectivity index (χ2v) is 9.54. The van der Waals surface area contributed by atoms with Crippen LogP contribution in [0.1, 0.15) is 50.2 Å². The first-order valence-electron chi connectivity index (χ1n) is 12.1. The molecule has 2 heterocycles. The van der Waals surface area contributed by atoms with Crippen LogP contribution >= 0.6 is 0 Å². The van der Waals surface area contributed by atoms with E-state index in [0.717, 1.165) is 56.3 Å². The van der Waals surface area contributed by atoms with Gasteiger partial charge in [0.2, 0.25) is 17.4 Å². The number of nitrogens with two attached hydrogens (primary N) is 2. The van der Waals surface area contributed by atoms with Gasteiger partial charge in [0.1, 0.15) is 0 Å². The molecule has 3 atom stereocenters. The van der Waals surface area contributed by atoms with Crippen LogP contribution in [0.15, 0.2) is 35.3 Å². The van der Waals surface area contributed by atoms with E-state index in [1.165, 1.54) is 6.34 Å². The van der Waals surface area contributed by atoms with E-state index in [4.69, 9.17) is 11.5 Å². The maximum Gasteiger partial charge on any atom is 0.237 e. The van der Waals surface area contributed by atoms with Crippen molar-refractivity contribution in [1.29, 1.82) is 0 Å². The first-order chi connectivity index (χ1) is 15.9. The quantitative estimate of drug-likeness (QED) is 0.399. The van der Waals surface area contributed by atoms with E-state index in [1.807, 2.05) is 24.3 Å².